The number of anilines is 1. The lowest BCUT2D eigenvalue weighted by atomic mass is 10.1. The van der Waals surface area contributed by atoms with Gasteiger partial charge in [-0.1, -0.05) is 53.0 Å². The molecule has 0 unspecified atom stereocenters. The lowest BCUT2D eigenvalue weighted by Crippen LogP contribution is -2.18. The molecule has 3 rings (SSSR count). The van der Waals surface area contributed by atoms with Gasteiger partial charge in [0.1, 0.15) is 5.75 Å². The van der Waals surface area contributed by atoms with E-state index in [-0.39, 0.29) is 0 Å². The topological polar surface area (TPSA) is 67.0 Å². The summed E-state index contributed by atoms with van der Waals surface area (Å²) in [7, 11) is 1.59. The Morgan fingerprint density at radius 3 is 2.58 bits per heavy atom. The van der Waals surface area contributed by atoms with Crippen molar-refractivity contribution in [1.29, 1.82) is 0 Å². The van der Waals surface area contributed by atoms with Crippen LogP contribution in [0.15, 0.2) is 48.5 Å². The molecule has 3 aromatic rings. The number of alkyl halides is 2. The number of ether oxygens (including phenoxy) is 1. The third-order valence-electron chi connectivity index (χ3n) is 3.69. The van der Waals surface area contributed by atoms with E-state index in [1.807, 2.05) is 30.3 Å². The van der Waals surface area contributed by atoms with Crippen LogP contribution in [-0.2, 0) is 4.79 Å². The van der Waals surface area contributed by atoms with Gasteiger partial charge in [0.05, 0.1) is 29.1 Å². The van der Waals surface area contributed by atoms with Crippen LogP contribution in [0.25, 0.3) is 22.5 Å². The van der Waals surface area contributed by atoms with Crippen LogP contribution in [0.3, 0.4) is 0 Å². The number of methoxy groups -OCH3 is 1. The Hall–Kier alpha value is -2.21. The number of aromatic nitrogens is 2. The van der Waals surface area contributed by atoms with Gasteiger partial charge in [-0.3, -0.25) is 9.89 Å². The molecule has 1 amide bonds. The maximum absolute atomic E-state index is 11.5. The highest BCUT2D eigenvalue weighted by Gasteiger charge is 2.14. The summed E-state index contributed by atoms with van der Waals surface area (Å²) in [5.74, 6) is 0.177. The third-order valence-corrected chi connectivity index (χ3v) is 4.40. The second-order valence-corrected chi connectivity index (χ2v) is 6.85. The largest absolute Gasteiger partial charge is 0.496 e. The molecule has 0 aliphatic rings. The van der Waals surface area contributed by atoms with Crippen molar-refractivity contribution >= 4 is 46.4 Å². The number of amides is 1. The van der Waals surface area contributed by atoms with Crippen LogP contribution in [0.1, 0.15) is 0 Å². The van der Waals surface area contributed by atoms with Gasteiger partial charge >= 0.3 is 0 Å². The Labute approximate surface area is 165 Å². The summed E-state index contributed by atoms with van der Waals surface area (Å²) in [6.07, 6.45) is 0. The Kier molecular flexibility index (Phi) is 5.71. The van der Waals surface area contributed by atoms with Crippen LogP contribution in [0.5, 0.6) is 5.75 Å². The SMILES string of the molecule is COc1cccc(Cl)c1-c1cc(-c2ccc(NC(=O)C(Cl)Cl)cc2)n[nH]1. The first-order chi connectivity index (χ1) is 12.5. The zero-order chi connectivity index (χ0) is 18.7. The van der Waals surface area contributed by atoms with E-state index in [2.05, 4.69) is 15.5 Å². The molecule has 0 saturated carbocycles. The molecule has 0 spiro atoms. The number of aromatic amines is 1. The number of carbonyl (C=O) groups is 1. The van der Waals surface area contributed by atoms with Crippen molar-refractivity contribution in [3.63, 3.8) is 0 Å². The fourth-order valence-electron chi connectivity index (χ4n) is 2.45. The molecule has 8 heteroatoms. The first kappa shape index (κ1) is 18.6. The minimum Gasteiger partial charge on any atom is -0.496 e. The number of hydrogen-bond acceptors (Lipinski definition) is 3. The van der Waals surface area contributed by atoms with Crippen LogP contribution in [0.2, 0.25) is 5.02 Å². The molecule has 0 saturated heterocycles. The van der Waals surface area contributed by atoms with Crippen LogP contribution in [-0.4, -0.2) is 28.1 Å². The molecule has 2 aromatic carbocycles. The van der Waals surface area contributed by atoms with Crippen molar-refractivity contribution in [2.45, 2.75) is 4.84 Å². The van der Waals surface area contributed by atoms with Crippen LogP contribution < -0.4 is 10.1 Å². The molecule has 0 fully saturated rings. The van der Waals surface area contributed by atoms with E-state index in [1.165, 1.54) is 0 Å². The third kappa shape index (κ3) is 3.96. The molecular formula is C18H14Cl3N3O2. The first-order valence-electron chi connectivity index (χ1n) is 7.57. The van der Waals surface area contributed by atoms with E-state index in [9.17, 15) is 4.79 Å². The summed E-state index contributed by atoms with van der Waals surface area (Å²) < 4.78 is 5.37. The average Bonchev–Trinajstić information content (AvgIpc) is 3.11. The molecule has 26 heavy (non-hydrogen) atoms. The van der Waals surface area contributed by atoms with E-state index in [4.69, 9.17) is 39.5 Å². The number of carbonyl (C=O) groups excluding carboxylic acids is 1. The Morgan fingerprint density at radius 1 is 1.19 bits per heavy atom. The predicted octanol–water partition coefficient (Wildman–Crippen LogP) is 5.15. The van der Waals surface area contributed by atoms with Gasteiger partial charge in [0.2, 0.25) is 0 Å². The van der Waals surface area contributed by atoms with Crippen LogP contribution in [0, 0.1) is 0 Å². The highest BCUT2D eigenvalue weighted by molar-refractivity contribution is 6.54. The molecule has 0 bridgehead atoms. The van der Waals surface area contributed by atoms with E-state index in [0.717, 1.165) is 22.5 Å². The molecule has 1 aromatic heterocycles. The molecule has 2 N–H and O–H groups in total. The summed E-state index contributed by atoms with van der Waals surface area (Å²) in [4.78, 5) is 10.4. The standard InChI is InChI=1S/C18H14Cl3N3O2/c1-26-15-4-2-3-12(19)16(15)14-9-13(23-24-14)10-5-7-11(8-6-10)22-18(25)17(20)21/h2-9,17H,1H3,(H,22,25)(H,23,24). The smallest absolute Gasteiger partial charge is 0.257 e. The van der Waals surface area contributed by atoms with Crippen molar-refractivity contribution in [2.24, 2.45) is 0 Å². The summed E-state index contributed by atoms with van der Waals surface area (Å²) >= 11 is 17.3. The van der Waals surface area contributed by atoms with Gasteiger partial charge in [0.25, 0.3) is 5.91 Å². The molecule has 5 nitrogen and oxygen atoms in total. The summed E-state index contributed by atoms with van der Waals surface area (Å²) in [5.41, 5.74) is 3.67. The van der Waals surface area contributed by atoms with Gasteiger partial charge < -0.3 is 10.1 Å². The predicted molar refractivity (Wildman–Crippen MR) is 105 cm³/mol. The van der Waals surface area contributed by atoms with Crippen molar-refractivity contribution < 1.29 is 9.53 Å². The number of hydrogen-bond donors (Lipinski definition) is 2. The van der Waals surface area contributed by atoms with E-state index in [1.54, 1.807) is 25.3 Å². The minimum atomic E-state index is -1.12. The first-order valence-corrected chi connectivity index (χ1v) is 8.82. The zero-order valence-corrected chi connectivity index (χ0v) is 15.9. The van der Waals surface area contributed by atoms with Crippen LogP contribution >= 0.6 is 34.8 Å². The quantitative estimate of drug-likeness (QED) is 0.572. The van der Waals surface area contributed by atoms with Gasteiger partial charge in [0, 0.05) is 11.3 Å². The van der Waals surface area contributed by atoms with Crippen molar-refractivity contribution in [3.05, 3.63) is 53.6 Å². The van der Waals surface area contributed by atoms with E-state index < -0.39 is 10.7 Å². The van der Waals surface area contributed by atoms with Gasteiger partial charge in [-0.05, 0) is 30.3 Å². The zero-order valence-electron chi connectivity index (χ0n) is 13.6. The van der Waals surface area contributed by atoms with E-state index in [0.29, 0.717) is 16.5 Å². The monoisotopic (exact) mass is 409 g/mol. The summed E-state index contributed by atoms with van der Waals surface area (Å²) in [6.45, 7) is 0. The fraction of sp³-hybridized carbons (Fsp3) is 0.111. The van der Waals surface area contributed by atoms with Crippen LogP contribution in [0.4, 0.5) is 5.69 Å². The normalized spacial score (nSPS) is 10.8. The maximum Gasteiger partial charge on any atom is 0.257 e. The minimum absolute atomic E-state index is 0.478. The van der Waals surface area contributed by atoms with Gasteiger partial charge in [-0.15, -0.1) is 0 Å². The molecule has 134 valence electrons. The Morgan fingerprint density at radius 2 is 1.92 bits per heavy atom. The fourth-order valence-corrected chi connectivity index (χ4v) is 2.83. The second kappa shape index (κ2) is 7.99. The Bertz CT molecular complexity index is 924. The molecular weight excluding hydrogens is 397 g/mol. The summed E-state index contributed by atoms with van der Waals surface area (Å²) in [5, 5.41) is 10.5. The number of rotatable bonds is 5. The molecule has 0 aliphatic carbocycles. The van der Waals surface area contributed by atoms with Gasteiger partial charge in [-0.2, -0.15) is 5.10 Å². The van der Waals surface area contributed by atoms with Crippen molar-refractivity contribution in [3.8, 4) is 28.3 Å². The second-order valence-electron chi connectivity index (χ2n) is 5.35. The molecule has 0 aliphatic heterocycles. The molecule has 0 atom stereocenters. The van der Waals surface area contributed by atoms with Crippen molar-refractivity contribution in [2.75, 3.05) is 12.4 Å². The highest BCUT2D eigenvalue weighted by Crippen LogP contribution is 2.36. The average molecular weight is 411 g/mol. The lowest BCUT2D eigenvalue weighted by molar-refractivity contribution is -0.114. The number of halogens is 3. The van der Waals surface area contributed by atoms with Crippen molar-refractivity contribution in [1.82, 2.24) is 10.2 Å². The van der Waals surface area contributed by atoms with Gasteiger partial charge in [-0.25, -0.2) is 0 Å². The number of nitrogens with one attached hydrogen (secondary N) is 2. The number of H-pyrrole nitrogens is 1. The summed E-state index contributed by atoms with van der Waals surface area (Å²) in [6, 6.07) is 14.5. The maximum atomic E-state index is 11.5. The highest BCUT2D eigenvalue weighted by atomic mass is 35.5. The molecule has 1 heterocycles. The van der Waals surface area contributed by atoms with E-state index >= 15 is 0 Å². The molecule has 0 radical (unpaired) electrons. The number of benzene rings is 2. The lowest BCUT2D eigenvalue weighted by Gasteiger charge is -2.07. The Balaban J connectivity index is 1.86. The van der Waals surface area contributed by atoms with Gasteiger partial charge in [0.15, 0.2) is 4.84 Å². The number of nitrogens with zero attached hydrogens (tertiary/aromatic N) is 1.